The van der Waals surface area contributed by atoms with Crippen molar-refractivity contribution < 1.29 is 9.59 Å². The Morgan fingerprint density at radius 3 is 1.71 bits per heavy atom. The molecular formula is C20H22Cl3N3O2. The summed E-state index contributed by atoms with van der Waals surface area (Å²) in [5, 5.41) is 6.44. The monoisotopic (exact) mass is 441 g/mol. The van der Waals surface area contributed by atoms with Crippen LogP contribution in [0.1, 0.15) is 16.7 Å². The highest BCUT2D eigenvalue weighted by molar-refractivity contribution is 6.42. The van der Waals surface area contributed by atoms with Crippen molar-refractivity contribution in [2.45, 2.75) is 20.8 Å². The molecule has 0 aromatic heterocycles. The lowest BCUT2D eigenvalue weighted by atomic mass is 10.1. The van der Waals surface area contributed by atoms with E-state index in [0.717, 1.165) is 22.4 Å². The number of nitrogens with one attached hydrogen (secondary N) is 2. The molecule has 2 amide bonds. The van der Waals surface area contributed by atoms with Crippen LogP contribution in [-0.2, 0) is 9.59 Å². The van der Waals surface area contributed by atoms with E-state index in [1.165, 1.54) is 12.1 Å². The zero-order valence-corrected chi connectivity index (χ0v) is 18.4. The summed E-state index contributed by atoms with van der Waals surface area (Å²) in [7, 11) is 1.68. The third-order valence-corrected chi connectivity index (χ3v) is 4.85. The lowest BCUT2D eigenvalue weighted by Gasteiger charge is -2.18. The number of halogens is 3. The molecule has 2 rings (SSSR count). The maximum absolute atomic E-state index is 12.4. The zero-order chi connectivity index (χ0) is 21.0. The molecule has 5 nitrogen and oxygen atoms in total. The molecule has 0 aliphatic rings. The number of amides is 2. The van der Waals surface area contributed by atoms with E-state index >= 15 is 0 Å². The SMILES string of the molecule is Cc1cc(C)c(NC(=O)CN(C)CC(=O)Nc2c(Cl)cc(Cl)cc2Cl)c(C)c1. The number of rotatable bonds is 6. The molecule has 0 aliphatic heterocycles. The van der Waals surface area contributed by atoms with Crippen molar-refractivity contribution in [1.29, 1.82) is 0 Å². The molecule has 0 spiro atoms. The van der Waals surface area contributed by atoms with Gasteiger partial charge in [-0.3, -0.25) is 14.5 Å². The van der Waals surface area contributed by atoms with Gasteiger partial charge in [0, 0.05) is 10.7 Å². The first kappa shape index (κ1) is 22.5. The Balaban J connectivity index is 1.94. The van der Waals surface area contributed by atoms with Crippen molar-refractivity contribution in [2.24, 2.45) is 0 Å². The predicted octanol–water partition coefficient (Wildman–Crippen LogP) is 5.08. The van der Waals surface area contributed by atoms with Crippen LogP contribution < -0.4 is 10.6 Å². The van der Waals surface area contributed by atoms with Crippen molar-refractivity contribution in [1.82, 2.24) is 4.90 Å². The number of hydrogen-bond donors (Lipinski definition) is 2. The zero-order valence-electron chi connectivity index (χ0n) is 16.1. The lowest BCUT2D eigenvalue weighted by molar-refractivity contribution is -0.119. The molecule has 0 atom stereocenters. The predicted molar refractivity (Wildman–Crippen MR) is 117 cm³/mol. The summed E-state index contributed by atoms with van der Waals surface area (Å²) in [6.07, 6.45) is 0. The van der Waals surface area contributed by atoms with E-state index < -0.39 is 0 Å². The number of carbonyl (C=O) groups excluding carboxylic acids is 2. The third kappa shape index (κ3) is 6.11. The second-order valence-electron chi connectivity index (χ2n) is 6.79. The van der Waals surface area contributed by atoms with E-state index in [0.29, 0.717) is 10.7 Å². The van der Waals surface area contributed by atoms with Gasteiger partial charge in [0.25, 0.3) is 0 Å². The molecule has 0 fully saturated rings. The topological polar surface area (TPSA) is 61.4 Å². The lowest BCUT2D eigenvalue weighted by Crippen LogP contribution is -2.36. The molecule has 0 saturated heterocycles. The van der Waals surface area contributed by atoms with E-state index in [1.54, 1.807) is 11.9 Å². The van der Waals surface area contributed by atoms with E-state index in [4.69, 9.17) is 34.8 Å². The largest absolute Gasteiger partial charge is 0.324 e. The average molecular weight is 443 g/mol. The van der Waals surface area contributed by atoms with Crippen LogP contribution in [0.3, 0.4) is 0 Å². The Labute approximate surface area is 180 Å². The first-order valence-corrected chi connectivity index (χ1v) is 9.71. The maximum Gasteiger partial charge on any atom is 0.238 e. The van der Waals surface area contributed by atoms with Gasteiger partial charge in [-0.15, -0.1) is 0 Å². The van der Waals surface area contributed by atoms with E-state index in [-0.39, 0.29) is 34.9 Å². The standard InChI is InChI=1S/C20H22Cl3N3O2/c1-11-5-12(2)19(13(3)6-11)24-17(27)9-26(4)10-18(28)25-20-15(22)7-14(21)8-16(20)23/h5-8H,9-10H2,1-4H3,(H,24,27)(H,25,28). The molecule has 8 heteroatoms. The Morgan fingerprint density at radius 1 is 0.821 bits per heavy atom. The van der Waals surface area contributed by atoms with Crippen LogP contribution in [0.2, 0.25) is 15.1 Å². The van der Waals surface area contributed by atoms with Crippen LogP contribution in [-0.4, -0.2) is 36.9 Å². The molecule has 2 N–H and O–H groups in total. The molecule has 0 heterocycles. The van der Waals surface area contributed by atoms with E-state index in [9.17, 15) is 9.59 Å². The van der Waals surface area contributed by atoms with Crippen LogP contribution in [0, 0.1) is 20.8 Å². The van der Waals surface area contributed by atoms with Crippen molar-refractivity contribution in [3.8, 4) is 0 Å². The number of nitrogens with zero attached hydrogens (tertiary/aromatic N) is 1. The minimum atomic E-state index is -0.343. The molecule has 150 valence electrons. The second-order valence-corrected chi connectivity index (χ2v) is 8.04. The van der Waals surface area contributed by atoms with Gasteiger partial charge < -0.3 is 10.6 Å². The van der Waals surface area contributed by atoms with E-state index in [1.807, 2.05) is 32.9 Å². The first-order chi connectivity index (χ1) is 13.1. The minimum absolute atomic E-state index is 0.00539. The number of aryl methyl sites for hydroxylation is 3. The summed E-state index contributed by atoms with van der Waals surface area (Å²) in [5.74, 6) is -0.544. The summed E-state index contributed by atoms with van der Waals surface area (Å²) in [6, 6.07) is 7.01. The Kier molecular flexibility index (Phi) is 7.72. The van der Waals surface area contributed by atoms with E-state index in [2.05, 4.69) is 10.6 Å². The average Bonchev–Trinajstić information content (AvgIpc) is 2.54. The summed E-state index contributed by atoms with van der Waals surface area (Å²) < 4.78 is 0. The maximum atomic E-state index is 12.4. The van der Waals surface area contributed by atoms with Crippen molar-refractivity contribution in [3.63, 3.8) is 0 Å². The van der Waals surface area contributed by atoms with Crippen LogP contribution in [0.15, 0.2) is 24.3 Å². The van der Waals surface area contributed by atoms with Gasteiger partial charge in [-0.25, -0.2) is 0 Å². The molecule has 0 bridgehead atoms. The van der Waals surface area contributed by atoms with Gasteiger partial charge in [0.2, 0.25) is 11.8 Å². The molecular weight excluding hydrogens is 421 g/mol. The smallest absolute Gasteiger partial charge is 0.238 e. The Hall–Kier alpha value is -1.79. The summed E-state index contributed by atoms with van der Waals surface area (Å²) in [6.45, 7) is 5.97. The highest BCUT2D eigenvalue weighted by atomic mass is 35.5. The number of likely N-dealkylation sites (N-methyl/N-ethyl adjacent to an activating group) is 1. The van der Waals surface area contributed by atoms with Gasteiger partial charge in [-0.05, 0) is 51.1 Å². The fourth-order valence-electron chi connectivity index (χ4n) is 2.94. The molecule has 0 saturated carbocycles. The summed E-state index contributed by atoms with van der Waals surface area (Å²) in [4.78, 5) is 26.2. The number of carbonyl (C=O) groups is 2. The molecule has 0 radical (unpaired) electrons. The number of anilines is 2. The minimum Gasteiger partial charge on any atom is -0.324 e. The second kappa shape index (κ2) is 9.61. The van der Waals surface area contributed by atoms with Crippen LogP contribution in [0.25, 0.3) is 0 Å². The molecule has 2 aromatic carbocycles. The van der Waals surface area contributed by atoms with Gasteiger partial charge in [0.1, 0.15) is 0 Å². The van der Waals surface area contributed by atoms with Crippen molar-refractivity contribution in [2.75, 3.05) is 30.8 Å². The van der Waals surface area contributed by atoms with Crippen LogP contribution in [0.4, 0.5) is 11.4 Å². The van der Waals surface area contributed by atoms with Crippen LogP contribution >= 0.6 is 34.8 Å². The van der Waals surface area contributed by atoms with Gasteiger partial charge in [0.05, 0.1) is 28.8 Å². The van der Waals surface area contributed by atoms with Crippen molar-refractivity contribution >= 4 is 58.0 Å². The molecule has 0 aliphatic carbocycles. The Bertz CT molecular complexity index is 796. The highest BCUT2D eigenvalue weighted by Gasteiger charge is 2.15. The van der Waals surface area contributed by atoms with Gasteiger partial charge in [-0.1, -0.05) is 52.5 Å². The normalized spacial score (nSPS) is 10.9. The third-order valence-electron chi connectivity index (χ3n) is 4.04. The van der Waals surface area contributed by atoms with Gasteiger partial charge >= 0.3 is 0 Å². The summed E-state index contributed by atoms with van der Waals surface area (Å²) >= 11 is 18.0. The first-order valence-electron chi connectivity index (χ1n) is 8.57. The number of benzene rings is 2. The van der Waals surface area contributed by atoms with Gasteiger partial charge in [-0.2, -0.15) is 0 Å². The van der Waals surface area contributed by atoms with Crippen molar-refractivity contribution in [3.05, 3.63) is 56.0 Å². The quantitative estimate of drug-likeness (QED) is 0.656. The fraction of sp³-hybridized carbons (Fsp3) is 0.300. The molecule has 0 unspecified atom stereocenters. The summed E-state index contributed by atoms with van der Waals surface area (Å²) in [5.41, 5.74) is 4.23. The Morgan fingerprint density at radius 2 is 1.25 bits per heavy atom. The van der Waals surface area contributed by atoms with Crippen LogP contribution in [0.5, 0.6) is 0 Å². The number of hydrogen-bond acceptors (Lipinski definition) is 3. The molecule has 2 aromatic rings. The molecule has 28 heavy (non-hydrogen) atoms. The fourth-order valence-corrected chi connectivity index (χ4v) is 3.85. The highest BCUT2D eigenvalue weighted by Crippen LogP contribution is 2.33. The van der Waals surface area contributed by atoms with Gasteiger partial charge in [0.15, 0.2) is 0 Å².